The van der Waals surface area contributed by atoms with Gasteiger partial charge in [0.25, 0.3) is 0 Å². The van der Waals surface area contributed by atoms with E-state index in [-0.39, 0.29) is 5.92 Å². The molecule has 0 saturated heterocycles. The summed E-state index contributed by atoms with van der Waals surface area (Å²) in [4.78, 5) is 4.28. The van der Waals surface area contributed by atoms with Gasteiger partial charge in [-0.25, -0.2) is 0 Å². The highest BCUT2D eigenvalue weighted by Gasteiger charge is 2.16. The molecular formula is C25H36N2O2S. The summed E-state index contributed by atoms with van der Waals surface area (Å²) in [5.74, 6) is 2.95. The number of thioether (sulfide) groups is 1. The van der Waals surface area contributed by atoms with Crippen molar-refractivity contribution >= 4 is 18.5 Å². The summed E-state index contributed by atoms with van der Waals surface area (Å²) in [6.45, 7) is 12.6. The largest absolute Gasteiger partial charge is 0.497 e. The van der Waals surface area contributed by atoms with Gasteiger partial charge in [0, 0.05) is 11.8 Å². The molecule has 0 fully saturated rings. The monoisotopic (exact) mass is 428 g/mol. The van der Waals surface area contributed by atoms with E-state index in [0.29, 0.717) is 11.8 Å². The van der Waals surface area contributed by atoms with Crippen molar-refractivity contribution in [1.29, 1.82) is 0 Å². The first-order chi connectivity index (χ1) is 14.5. The smallest absolute Gasteiger partial charge is 0.119 e. The third-order valence-electron chi connectivity index (χ3n) is 4.51. The van der Waals surface area contributed by atoms with Crippen LogP contribution in [-0.2, 0) is 4.74 Å². The zero-order valence-electron chi connectivity index (χ0n) is 18.5. The topological polar surface area (TPSA) is 56.8 Å². The Morgan fingerprint density at radius 1 is 1.23 bits per heavy atom. The average molecular weight is 429 g/mol. The SMILES string of the molecule is C=C/C=C(\C=C/CCC(/C(=C/SCN)N=C)c1ccc(OCCC(C)C)cc1)OC. The zero-order valence-corrected chi connectivity index (χ0v) is 19.4. The van der Waals surface area contributed by atoms with Crippen LogP contribution in [0.25, 0.3) is 0 Å². The van der Waals surface area contributed by atoms with Gasteiger partial charge in [-0.2, -0.15) is 0 Å². The van der Waals surface area contributed by atoms with Crippen molar-refractivity contribution in [3.63, 3.8) is 0 Å². The fourth-order valence-corrected chi connectivity index (χ4v) is 3.33. The van der Waals surface area contributed by atoms with Gasteiger partial charge in [-0.1, -0.05) is 44.7 Å². The molecule has 0 aliphatic heterocycles. The summed E-state index contributed by atoms with van der Waals surface area (Å²) >= 11 is 1.53. The van der Waals surface area contributed by atoms with Crippen LogP contribution in [0.5, 0.6) is 5.75 Å². The molecule has 4 nitrogen and oxygen atoms in total. The highest BCUT2D eigenvalue weighted by molar-refractivity contribution is 8.02. The summed E-state index contributed by atoms with van der Waals surface area (Å²) in [7, 11) is 1.65. The van der Waals surface area contributed by atoms with E-state index in [2.05, 4.69) is 50.3 Å². The maximum atomic E-state index is 5.85. The summed E-state index contributed by atoms with van der Waals surface area (Å²) in [5, 5.41) is 2.01. The average Bonchev–Trinajstić information content (AvgIpc) is 2.75. The number of allylic oxidation sites excluding steroid dienone is 5. The molecule has 0 aliphatic carbocycles. The Hall–Kier alpha value is -2.24. The van der Waals surface area contributed by atoms with Crippen molar-refractivity contribution < 1.29 is 9.47 Å². The summed E-state index contributed by atoms with van der Waals surface area (Å²) in [5.41, 5.74) is 7.77. The first-order valence-corrected chi connectivity index (χ1v) is 11.3. The number of aliphatic imine (C=N–C) groups is 1. The Bertz CT molecular complexity index is 721. The molecule has 0 aromatic heterocycles. The molecule has 1 aromatic carbocycles. The Morgan fingerprint density at radius 3 is 2.53 bits per heavy atom. The predicted octanol–water partition coefficient (Wildman–Crippen LogP) is 6.44. The minimum Gasteiger partial charge on any atom is -0.497 e. The molecule has 0 aliphatic rings. The predicted molar refractivity (Wildman–Crippen MR) is 132 cm³/mol. The van der Waals surface area contributed by atoms with Crippen LogP contribution in [-0.4, -0.2) is 26.3 Å². The van der Waals surface area contributed by atoms with Gasteiger partial charge in [-0.15, -0.1) is 11.8 Å². The van der Waals surface area contributed by atoms with E-state index in [4.69, 9.17) is 15.2 Å². The van der Waals surface area contributed by atoms with Crippen LogP contribution in [0.15, 0.2) is 77.0 Å². The second-order valence-corrected chi connectivity index (χ2v) is 8.08. The van der Waals surface area contributed by atoms with Crippen LogP contribution in [0, 0.1) is 5.92 Å². The lowest BCUT2D eigenvalue weighted by molar-refractivity contribution is 0.289. The fourth-order valence-electron chi connectivity index (χ4n) is 2.83. The highest BCUT2D eigenvalue weighted by Crippen LogP contribution is 2.32. The molecule has 0 saturated carbocycles. The number of rotatable bonds is 15. The first-order valence-electron chi connectivity index (χ1n) is 10.3. The second-order valence-electron chi connectivity index (χ2n) is 7.18. The maximum Gasteiger partial charge on any atom is 0.119 e. The molecule has 1 aromatic rings. The third-order valence-corrected chi connectivity index (χ3v) is 5.11. The normalized spacial score (nSPS) is 13.5. The highest BCUT2D eigenvalue weighted by atomic mass is 32.2. The Morgan fingerprint density at radius 2 is 1.97 bits per heavy atom. The summed E-state index contributed by atoms with van der Waals surface area (Å²) in [6.07, 6.45) is 10.4. The Balaban J connectivity index is 2.92. The molecule has 0 amide bonds. The van der Waals surface area contributed by atoms with Crippen molar-refractivity contribution in [2.24, 2.45) is 16.6 Å². The molecule has 1 unspecified atom stereocenters. The molecule has 1 rings (SSSR count). The van der Waals surface area contributed by atoms with Gasteiger partial charge in [0.1, 0.15) is 11.5 Å². The molecule has 2 N–H and O–H groups in total. The number of hydrogen-bond acceptors (Lipinski definition) is 5. The van der Waals surface area contributed by atoms with E-state index >= 15 is 0 Å². The van der Waals surface area contributed by atoms with Crippen molar-refractivity contribution in [2.75, 3.05) is 19.6 Å². The number of ether oxygens (including phenoxy) is 2. The standard InChI is InChI=1S/C25H36N2O2S/c1-6-9-22(28-5)10-7-8-11-24(25(27-4)18-30-19-26)21-12-14-23(15-13-21)29-17-16-20(2)3/h6-7,9-10,12-15,18,20,24H,1,4,8,11,16-17,19,26H2,2-3,5H3/b10-7-,22-9+,25-18-. The minimum atomic E-state index is 0.130. The molecule has 0 bridgehead atoms. The van der Waals surface area contributed by atoms with Gasteiger partial charge in [0.05, 0.1) is 19.4 Å². The third kappa shape index (κ3) is 9.99. The number of methoxy groups -OCH3 is 1. The van der Waals surface area contributed by atoms with E-state index in [9.17, 15) is 0 Å². The van der Waals surface area contributed by atoms with Crippen LogP contribution in [0.1, 0.15) is 44.6 Å². The van der Waals surface area contributed by atoms with E-state index in [1.54, 1.807) is 13.2 Å². The molecule has 0 spiro atoms. The van der Waals surface area contributed by atoms with Gasteiger partial charge in [0.15, 0.2) is 0 Å². The van der Waals surface area contributed by atoms with E-state index in [1.807, 2.05) is 29.7 Å². The number of benzene rings is 1. The Kier molecular flexibility index (Phi) is 13.4. The van der Waals surface area contributed by atoms with Crippen LogP contribution >= 0.6 is 11.8 Å². The number of nitrogens with zero attached hydrogens (tertiary/aromatic N) is 1. The van der Waals surface area contributed by atoms with Crippen LogP contribution in [0.4, 0.5) is 0 Å². The van der Waals surface area contributed by atoms with Crippen molar-refractivity contribution in [3.8, 4) is 5.75 Å². The quantitative estimate of drug-likeness (QED) is 0.151. The van der Waals surface area contributed by atoms with Gasteiger partial charge in [-0.3, -0.25) is 4.99 Å². The zero-order chi connectivity index (χ0) is 22.2. The Labute approximate surface area is 186 Å². The van der Waals surface area contributed by atoms with E-state index in [0.717, 1.165) is 43.1 Å². The maximum absolute atomic E-state index is 5.85. The van der Waals surface area contributed by atoms with Gasteiger partial charge in [-0.05, 0) is 67.2 Å². The van der Waals surface area contributed by atoms with E-state index < -0.39 is 0 Å². The molecule has 1 atom stereocenters. The molecular weight excluding hydrogens is 392 g/mol. The van der Waals surface area contributed by atoms with Crippen LogP contribution < -0.4 is 10.5 Å². The lowest BCUT2D eigenvalue weighted by Gasteiger charge is -2.18. The lowest BCUT2D eigenvalue weighted by atomic mass is 9.91. The minimum absolute atomic E-state index is 0.130. The second kappa shape index (κ2) is 15.6. The van der Waals surface area contributed by atoms with Crippen LogP contribution in [0.3, 0.4) is 0 Å². The first kappa shape index (κ1) is 25.8. The lowest BCUT2D eigenvalue weighted by Crippen LogP contribution is -2.04. The van der Waals surface area contributed by atoms with Crippen molar-refractivity contribution in [3.05, 3.63) is 77.6 Å². The molecule has 30 heavy (non-hydrogen) atoms. The number of hydrogen-bond donors (Lipinski definition) is 1. The van der Waals surface area contributed by atoms with Gasteiger partial charge >= 0.3 is 0 Å². The summed E-state index contributed by atoms with van der Waals surface area (Å²) < 4.78 is 11.1. The van der Waals surface area contributed by atoms with E-state index in [1.165, 1.54) is 17.3 Å². The molecule has 0 heterocycles. The van der Waals surface area contributed by atoms with Gasteiger partial charge < -0.3 is 15.2 Å². The fraction of sp³-hybridized carbons (Fsp3) is 0.400. The molecule has 164 valence electrons. The molecule has 0 radical (unpaired) electrons. The summed E-state index contributed by atoms with van der Waals surface area (Å²) in [6, 6.07) is 8.29. The van der Waals surface area contributed by atoms with Crippen LogP contribution in [0.2, 0.25) is 0 Å². The van der Waals surface area contributed by atoms with Crippen molar-refractivity contribution in [1.82, 2.24) is 0 Å². The van der Waals surface area contributed by atoms with Gasteiger partial charge in [0.2, 0.25) is 0 Å². The number of nitrogens with two attached hydrogens (primary N) is 1. The van der Waals surface area contributed by atoms with Crippen molar-refractivity contribution in [2.45, 2.75) is 39.0 Å². The molecule has 5 heteroatoms.